The fourth-order valence-electron chi connectivity index (χ4n) is 2.53. The van der Waals surface area contributed by atoms with Gasteiger partial charge in [0.2, 0.25) is 0 Å². The highest BCUT2D eigenvalue weighted by molar-refractivity contribution is 5.87. The molecule has 0 radical (unpaired) electrons. The van der Waals surface area contributed by atoms with E-state index in [1.807, 2.05) is 0 Å². The van der Waals surface area contributed by atoms with Gasteiger partial charge in [-0.1, -0.05) is 6.42 Å². The van der Waals surface area contributed by atoms with Crippen LogP contribution < -0.4 is 5.32 Å². The van der Waals surface area contributed by atoms with Crippen molar-refractivity contribution in [1.29, 1.82) is 0 Å². The Morgan fingerprint density at radius 2 is 1.87 bits per heavy atom. The van der Waals surface area contributed by atoms with Gasteiger partial charge in [0.05, 0.1) is 11.1 Å². The van der Waals surface area contributed by atoms with Gasteiger partial charge in [0.1, 0.15) is 5.60 Å². The van der Waals surface area contributed by atoms with Crippen molar-refractivity contribution in [2.75, 3.05) is 5.32 Å². The van der Waals surface area contributed by atoms with Crippen LogP contribution in [0.25, 0.3) is 0 Å². The van der Waals surface area contributed by atoms with Crippen molar-refractivity contribution in [3.63, 3.8) is 0 Å². The van der Waals surface area contributed by atoms with E-state index in [1.165, 1.54) is 0 Å². The number of ether oxygens (including phenoxy) is 1. The number of amides is 1. The van der Waals surface area contributed by atoms with E-state index in [1.54, 1.807) is 20.8 Å². The number of halogens is 2. The first kappa shape index (κ1) is 17.2. The van der Waals surface area contributed by atoms with Crippen molar-refractivity contribution in [1.82, 2.24) is 0 Å². The number of carbonyl (C=O) groups is 2. The molecule has 0 atom stereocenters. The number of carboxylic acids is 1. The molecule has 0 heterocycles. The molecule has 0 unspecified atom stereocenters. The fraction of sp³-hybridized carbons (Fsp3) is 0.500. The zero-order valence-electron chi connectivity index (χ0n) is 13.2. The molecule has 0 bridgehead atoms. The van der Waals surface area contributed by atoms with Crippen LogP contribution in [0.5, 0.6) is 0 Å². The molecule has 1 fully saturated rings. The number of anilines is 1. The van der Waals surface area contributed by atoms with Gasteiger partial charge in [0.15, 0.2) is 11.6 Å². The van der Waals surface area contributed by atoms with E-state index in [0.717, 1.165) is 12.1 Å². The number of rotatable bonds is 3. The Bertz CT molecular complexity index is 648. The Labute approximate surface area is 132 Å². The minimum atomic E-state index is -1.25. The number of nitrogens with one attached hydrogen (secondary N) is 1. The summed E-state index contributed by atoms with van der Waals surface area (Å²) in [6.07, 6.45) is 0.449. The molecule has 126 valence electrons. The highest BCUT2D eigenvalue weighted by Crippen LogP contribution is 2.45. The summed E-state index contributed by atoms with van der Waals surface area (Å²) in [5, 5.41) is 11.5. The third-order valence-electron chi connectivity index (χ3n) is 3.83. The Kier molecular flexibility index (Phi) is 4.32. The van der Waals surface area contributed by atoms with Crippen molar-refractivity contribution in [2.24, 2.45) is 0 Å². The number of aliphatic carboxylic acids is 1. The van der Waals surface area contributed by atoms with Crippen LogP contribution in [0, 0.1) is 11.6 Å². The van der Waals surface area contributed by atoms with Crippen LogP contribution in [-0.4, -0.2) is 22.8 Å². The molecule has 7 heteroatoms. The zero-order chi connectivity index (χ0) is 17.4. The van der Waals surface area contributed by atoms with Crippen LogP contribution in [0.4, 0.5) is 19.3 Å². The SMILES string of the molecule is CC(C)(C)OC(=O)Nc1cc(C2(C(=O)O)CCC2)cc(F)c1F. The van der Waals surface area contributed by atoms with Gasteiger partial charge in [-0.2, -0.15) is 0 Å². The van der Waals surface area contributed by atoms with Crippen LogP contribution in [-0.2, 0) is 14.9 Å². The summed E-state index contributed by atoms with van der Waals surface area (Å²) < 4.78 is 32.7. The number of carboxylic acid groups (broad SMARTS) is 1. The second-order valence-electron chi connectivity index (χ2n) is 6.69. The topological polar surface area (TPSA) is 75.6 Å². The van der Waals surface area contributed by atoms with Gasteiger partial charge in [-0.3, -0.25) is 10.1 Å². The zero-order valence-corrected chi connectivity index (χ0v) is 13.2. The number of benzene rings is 1. The monoisotopic (exact) mass is 327 g/mol. The van der Waals surface area contributed by atoms with Gasteiger partial charge < -0.3 is 9.84 Å². The first-order valence-corrected chi connectivity index (χ1v) is 7.28. The highest BCUT2D eigenvalue weighted by Gasteiger charge is 2.46. The molecule has 1 saturated carbocycles. The largest absolute Gasteiger partial charge is 0.481 e. The molecule has 1 aliphatic carbocycles. The van der Waals surface area contributed by atoms with Gasteiger partial charge in [-0.25, -0.2) is 13.6 Å². The fourth-order valence-corrected chi connectivity index (χ4v) is 2.53. The molecule has 5 nitrogen and oxygen atoms in total. The summed E-state index contributed by atoms with van der Waals surface area (Å²) in [5.41, 5.74) is -2.31. The molecule has 0 aliphatic heterocycles. The molecule has 0 spiro atoms. The van der Waals surface area contributed by atoms with E-state index in [9.17, 15) is 23.5 Å². The molecule has 1 aliphatic rings. The Morgan fingerprint density at radius 3 is 2.30 bits per heavy atom. The summed E-state index contributed by atoms with van der Waals surface area (Å²) in [7, 11) is 0. The summed E-state index contributed by atoms with van der Waals surface area (Å²) in [4.78, 5) is 23.2. The molecule has 1 amide bonds. The maximum atomic E-state index is 13.9. The van der Waals surface area contributed by atoms with Crippen LogP contribution >= 0.6 is 0 Å². The number of hydrogen-bond acceptors (Lipinski definition) is 3. The molecule has 0 saturated heterocycles. The quantitative estimate of drug-likeness (QED) is 0.885. The van der Waals surface area contributed by atoms with Crippen molar-refractivity contribution >= 4 is 17.7 Å². The van der Waals surface area contributed by atoms with Gasteiger partial charge in [-0.15, -0.1) is 0 Å². The van der Waals surface area contributed by atoms with Gasteiger partial charge >= 0.3 is 12.1 Å². The lowest BCUT2D eigenvalue weighted by Gasteiger charge is -2.38. The van der Waals surface area contributed by atoms with E-state index in [-0.39, 0.29) is 5.56 Å². The lowest BCUT2D eigenvalue weighted by molar-refractivity contribution is -0.147. The minimum absolute atomic E-state index is 0.140. The smallest absolute Gasteiger partial charge is 0.412 e. The van der Waals surface area contributed by atoms with Crippen LogP contribution in [0.15, 0.2) is 12.1 Å². The number of carbonyl (C=O) groups excluding carboxylic acids is 1. The number of hydrogen-bond donors (Lipinski definition) is 2. The lowest BCUT2D eigenvalue weighted by atomic mass is 9.64. The van der Waals surface area contributed by atoms with Gasteiger partial charge in [0, 0.05) is 0 Å². The second kappa shape index (κ2) is 5.79. The van der Waals surface area contributed by atoms with Crippen LogP contribution in [0.1, 0.15) is 45.6 Å². The highest BCUT2D eigenvalue weighted by atomic mass is 19.2. The average molecular weight is 327 g/mol. The van der Waals surface area contributed by atoms with E-state index < -0.39 is 40.4 Å². The normalized spacial score (nSPS) is 16.4. The molecule has 2 rings (SSSR count). The summed E-state index contributed by atoms with van der Waals surface area (Å²) in [5.74, 6) is -3.54. The first-order valence-electron chi connectivity index (χ1n) is 7.28. The van der Waals surface area contributed by atoms with Crippen LogP contribution in [0.2, 0.25) is 0 Å². The second-order valence-corrected chi connectivity index (χ2v) is 6.69. The first-order chi connectivity index (χ1) is 10.5. The molecule has 1 aromatic rings. The molecule has 1 aromatic carbocycles. The van der Waals surface area contributed by atoms with Gasteiger partial charge in [-0.05, 0) is 51.3 Å². The third-order valence-corrected chi connectivity index (χ3v) is 3.83. The van der Waals surface area contributed by atoms with E-state index in [4.69, 9.17) is 4.74 Å². The maximum absolute atomic E-state index is 13.9. The summed E-state index contributed by atoms with van der Waals surface area (Å²) in [6.45, 7) is 4.90. The molecule has 0 aromatic heterocycles. The molecular formula is C16H19F2NO4. The minimum Gasteiger partial charge on any atom is -0.481 e. The lowest BCUT2D eigenvalue weighted by Crippen LogP contribution is -2.42. The summed E-state index contributed by atoms with van der Waals surface area (Å²) >= 11 is 0. The van der Waals surface area contributed by atoms with Crippen molar-refractivity contribution < 1.29 is 28.2 Å². The Hall–Kier alpha value is -2.18. The van der Waals surface area contributed by atoms with E-state index in [2.05, 4.69) is 5.32 Å². The van der Waals surface area contributed by atoms with E-state index >= 15 is 0 Å². The average Bonchev–Trinajstić information content (AvgIpc) is 2.30. The van der Waals surface area contributed by atoms with Crippen molar-refractivity contribution in [3.8, 4) is 0 Å². The molecular weight excluding hydrogens is 308 g/mol. The maximum Gasteiger partial charge on any atom is 0.412 e. The van der Waals surface area contributed by atoms with E-state index in [0.29, 0.717) is 19.3 Å². The Morgan fingerprint density at radius 1 is 1.26 bits per heavy atom. The standard InChI is InChI=1S/C16H19F2NO4/c1-15(2,3)23-14(22)19-11-8-9(7-10(17)12(11)18)16(13(20)21)5-4-6-16/h7-8H,4-6H2,1-3H3,(H,19,22)(H,20,21). The van der Waals surface area contributed by atoms with Crippen LogP contribution in [0.3, 0.4) is 0 Å². The third kappa shape index (κ3) is 3.43. The van der Waals surface area contributed by atoms with Gasteiger partial charge in [0.25, 0.3) is 0 Å². The van der Waals surface area contributed by atoms with Crippen molar-refractivity contribution in [3.05, 3.63) is 29.3 Å². The summed E-state index contributed by atoms with van der Waals surface area (Å²) in [6, 6.07) is 2.04. The predicted molar refractivity (Wildman–Crippen MR) is 79.4 cm³/mol. The Balaban J connectivity index is 2.34. The molecule has 23 heavy (non-hydrogen) atoms. The molecule has 2 N–H and O–H groups in total. The predicted octanol–water partition coefficient (Wildman–Crippen LogP) is 3.82. The van der Waals surface area contributed by atoms with Crippen molar-refractivity contribution in [2.45, 2.75) is 51.0 Å².